The quantitative estimate of drug-likeness (QED) is 0.205. The molecule has 37 heavy (non-hydrogen) atoms. The summed E-state index contributed by atoms with van der Waals surface area (Å²) >= 11 is 6.73. The molecule has 1 fully saturated rings. The normalized spacial score (nSPS) is 14.8. The molecule has 188 valence electrons. The molecule has 1 amide bonds. The zero-order chi connectivity index (χ0) is 25.9. The maximum absolute atomic E-state index is 13.6. The van der Waals surface area contributed by atoms with Crippen molar-refractivity contribution in [2.45, 2.75) is 33.4 Å². The molecule has 1 N–H and O–H groups in total. The molecular formula is C27H26N6O2S2. The Morgan fingerprint density at radius 2 is 1.92 bits per heavy atom. The van der Waals surface area contributed by atoms with Gasteiger partial charge in [0.05, 0.1) is 23.3 Å². The van der Waals surface area contributed by atoms with Crippen molar-refractivity contribution in [3.63, 3.8) is 0 Å². The van der Waals surface area contributed by atoms with Crippen LogP contribution in [0.3, 0.4) is 0 Å². The molecule has 0 aliphatic carbocycles. The van der Waals surface area contributed by atoms with E-state index < -0.39 is 0 Å². The van der Waals surface area contributed by atoms with E-state index in [0.29, 0.717) is 39.3 Å². The summed E-state index contributed by atoms with van der Waals surface area (Å²) in [7, 11) is 0. The number of carbonyl (C=O) groups is 1. The van der Waals surface area contributed by atoms with Crippen LogP contribution in [0.2, 0.25) is 0 Å². The highest BCUT2D eigenvalue weighted by Gasteiger charge is 2.32. The van der Waals surface area contributed by atoms with E-state index in [1.54, 1.807) is 29.7 Å². The molecule has 0 spiro atoms. The first-order chi connectivity index (χ1) is 17.9. The van der Waals surface area contributed by atoms with E-state index in [2.05, 4.69) is 10.3 Å². The van der Waals surface area contributed by atoms with E-state index in [-0.39, 0.29) is 11.5 Å². The van der Waals surface area contributed by atoms with Gasteiger partial charge in [-0.15, -0.1) is 0 Å². The number of rotatable bonds is 8. The van der Waals surface area contributed by atoms with Gasteiger partial charge in [0.25, 0.3) is 11.5 Å². The number of imidazole rings is 1. The zero-order valence-corrected chi connectivity index (χ0v) is 22.2. The van der Waals surface area contributed by atoms with Gasteiger partial charge >= 0.3 is 0 Å². The number of hydrogen-bond donors (Lipinski definition) is 1. The average Bonchev–Trinajstić information content (AvgIpc) is 3.49. The molecule has 3 aromatic heterocycles. The summed E-state index contributed by atoms with van der Waals surface area (Å²) in [6, 6.07) is 11.7. The number of aromatic nitrogens is 4. The Hall–Kier alpha value is -3.76. The molecule has 10 heteroatoms. The van der Waals surface area contributed by atoms with Crippen molar-refractivity contribution < 1.29 is 4.79 Å². The Labute approximate surface area is 224 Å². The van der Waals surface area contributed by atoms with Gasteiger partial charge in [-0.1, -0.05) is 59.9 Å². The third-order valence-corrected chi connectivity index (χ3v) is 7.52. The fraction of sp³-hybridized carbons (Fsp3) is 0.222. The largest absolute Gasteiger partial charge is 0.369 e. The van der Waals surface area contributed by atoms with Crippen LogP contribution in [0.1, 0.15) is 28.7 Å². The van der Waals surface area contributed by atoms with Crippen LogP contribution in [0.4, 0.5) is 5.82 Å². The molecule has 0 radical (unpaired) electrons. The second-order valence-corrected chi connectivity index (χ2v) is 10.6. The number of benzene rings is 1. The van der Waals surface area contributed by atoms with Gasteiger partial charge < -0.3 is 9.88 Å². The van der Waals surface area contributed by atoms with Crippen LogP contribution in [-0.2, 0) is 17.9 Å². The fourth-order valence-corrected chi connectivity index (χ4v) is 5.34. The molecule has 0 bridgehead atoms. The summed E-state index contributed by atoms with van der Waals surface area (Å²) in [4.78, 5) is 37.7. The monoisotopic (exact) mass is 530 g/mol. The molecule has 0 atom stereocenters. The third-order valence-electron chi connectivity index (χ3n) is 6.14. The SMILES string of the molecule is Cc1ccc(CN2C(=O)/C(=C\c3c(NCCCn4ccnc4)nc4c(C)cccn4c3=O)SC2=S)cc1. The van der Waals surface area contributed by atoms with Crippen LogP contribution in [0.5, 0.6) is 0 Å². The van der Waals surface area contributed by atoms with Gasteiger partial charge in [-0.2, -0.15) is 0 Å². The minimum atomic E-state index is -0.241. The van der Waals surface area contributed by atoms with Crippen molar-refractivity contribution >= 4 is 51.7 Å². The molecule has 0 saturated carbocycles. The lowest BCUT2D eigenvalue weighted by atomic mass is 10.1. The van der Waals surface area contributed by atoms with E-state index in [9.17, 15) is 9.59 Å². The molecule has 4 aromatic rings. The number of thiocarbonyl (C=S) groups is 1. The third kappa shape index (κ3) is 5.35. The van der Waals surface area contributed by atoms with Crippen LogP contribution >= 0.6 is 24.0 Å². The predicted molar refractivity (Wildman–Crippen MR) is 151 cm³/mol. The van der Waals surface area contributed by atoms with E-state index in [1.165, 1.54) is 16.2 Å². The number of nitrogens with one attached hydrogen (secondary N) is 1. The Balaban J connectivity index is 1.45. The first kappa shape index (κ1) is 24.9. The summed E-state index contributed by atoms with van der Waals surface area (Å²) < 4.78 is 3.98. The number of fused-ring (bicyclic) bond motifs is 1. The lowest BCUT2D eigenvalue weighted by molar-refractivity contribution is -0.122. The second-order valence-electron chi connectivity index (χ2n) is 8.90. The predicted octanol–water partition coefficient (Wildman–Crippen LogP) is 4.41. The molecular weight excluding hydrogens is 504 g/mol. The van der Waals surface area contributed by atoms with Crippen LogP contribution in [-0.4, -0.2) is 40.6 Å². The minimum Gasteiger partial charge on any atom is -0.369 e. The first-order valence-electron chi connectivity index (χ1n) is 11.9. The molecule has 5 rings (SSSR count). The van der Waals surface area contributed by atoms with Gasteiger partial charge in [-0.3, -0.25) is 18.9 Å². The number of thioether (sulfide) groups is 1. The summed E-state index contributed by atoms with van der Waals surface area (Å²) in [6.45, 7) is 5.71. The Morgan fingerprint density at radius 3 is 2.68 bits per heavy atom. The van der Waals surface area contributed by atoms with Crippen molar-refractivity contribution in [1.29, 1.82) is 0 Å². The van der Waals surface area contributed by atoms with Crippen molar-refractivity contribution in [1.82, 2.24) is 23.8 Å². The van der Waals surface area contributed by atoms with Crippen LogP contribution in [0.15, 0.2) is 71.0 Å². The van der Waals surface area contributed by atoms with Crippen LogP contribution < -0.4 is 10.9 Å². The molecule has 1 aliphatic heterocycles. The van der Waals surface area contributed by atoms with E-state index >= 15 is 0 Å². The number of aryl methyl sites for hydroxylation is 3. The fourth-order valence-electron chi connectivity index (χ4n) is 4.11. The Bertz CT molecular complexity index is 1560. The zero-order valence-electron chi connectivity index (χ0n) is 20.5. The highest BCUT2D eigenvalue weighted by molar-refractivity contribution is 8.26. The molecule has 8 nitrogen and oxygen atoms in total. The van der Waals surface area contributed by atoms with Crippen molar-refractivity contribution in [2.75, 3.05) is 11.9 Å². The summed E-state index contributed by atoms with van der Waals surface area (Å²) in [5.74, 6) is 0.240. The highest BCUT2D eigenvalue weighted by atomic mass is 32.2. The minimum absolute atomic E-state index is 0.213. The van der Waals surface area contributed by atoms with Crippen molar-refractivity contribution in [3.05, 3.63) is 98.8 Å². The Morgan fingerprint density at radius 1 is 1.11 bits per heavy atom. The summed E-state index contributed by atoms with van der Waals surface area (Å²) in [5, 5.41) is 3.32. The number of carbonyl (C=O) groups excluding carboxylic acids is 1. The summed E-state index contributed by atoms with van der Waals surface area (Å²) in [5.41, 5.74) is 3.70. The Kier molecular flexibility index (Phi) is 7.20. The lowest BCUT2D eigenvalue weighted by Crippen LogP contribution is -2.27. The number of nitrogens with zero attached hydrogens (tertiary/aromatic N) is 5. The number of hydrogen-bond acceptors (Lipinski definition) is 7. The molecule has 1 saturated heterocycles. The average molecular weight is 531 g/mol. The summed E-state index contributed by atoms with van der Waals surface area (Å²) in [6.07, 6.45) is 9.55. The number of pyridine rings is 1. The van der Waals surface area contributed by atoms with Crippen LogP contribution in [0.25, 0.3) is 11.7 Å². The van der Waals surface area contributed by atoms with Crippen molar-refractivity contribution in [3.8, 4) is 0 Å². The van der Waals surface area contributed by atoms with Gasteiger partial charge in [-0.25, -0.2) is 9.97 Å². The maximum atomic E-state index is 13.6. The van der Waals surface area contributed by atoms with Gasteiger partial charge in [0.1, 0.15) is 15.8 Å². The molecule has 1 aliphatic rings. The molecule has 0 unspecified atom stereocenters. The highest BCUT2D eigenvalue weighted by Crippen LogP contribution is 2.34. The van der Waals surface area contributed by atoms with Crippen molar-refractivity contribution in [2.24, 2.45) is 0 Å². The van der Waals surface area contributed by atoms with Gasteiger partial charge in [0.2, 0.25) is 0 Å². The maximum Gasteiger partial charge on any atom is 0.267 e. The lowest BCUT2D eigenvalue weighted by Gasteiger charge is -2.14. The van der Waals surface area contributed by atoms with Crippen LogP contribution in [0, 0.1) is 13.8 Å². The first-order valence-corrected chi connectivity index (χ1v) is 13.2. The van der Waals surface area contributed by atoms with Gasteiger partial charge in [0.15, 0.2) is 0 Å². The van der Waals surface area contributed by atoms with E-state index in [1.807, 2.05) is 61.0 Å². The van der Waals surface area contributed by atoms with E-state index in [4.69, 9.17) is 17.2 Å². The van der Waals surface area contributed by atoms with Gasteiger partial charge in [0, 0.05) is 31.7 Å². The topological polar surface area (TPSA) is 84.5 Å². The molecule has 1 aromatic carbocycles. The second kappa shape index (κ2) is 10.7. The standard InChI is InChI=1S/C27H26N6O2S2/c1-18-6-8-20(9-7-18)16-33-26(35)22(37-27(33)36)15-21-23(29-10-4-12-31-14-11-28-17-31)30-24-19(2)5-3-13-32(24)25(21)34/h3,5-9,11,13-15,17,29H,4,10,12,16H2,1-2H3/b22-15+. The molecule has 4 heterocycles. The van der Waals surface area contributed by atoms with Gasteiger partial charge in [-0.05, 0) is 43.5 Å². The van der Waals surface area contributed by atoms with E-state index in [0.717, 1.165) is 29.7 Å². The smallest absolute Gasteiger partial charge is 0.267 e. The number of amides is 1. The number of anilines is 1.